The van der Waals surface area contributed by atoms with Gasteiger partial charge >= 0.3 is 0 Å². The summed E-state index contributed by atoms with van der Waals surface area (Å²) < 4.78 is 2.42. The van der Waals surface area contributed by atoms with Gasteiger partial charge in [-0.25, -0.2) is 15.0 Å². The molecule has 0 radical (unpaired) electrons. The Morgan fingerprint density at radius 1 is 0.309 bits per heavy atom. The minimum absolute atomic E-state index is 0.623. The largest absolute Gasteiger partial charge is 0.308 e. The Labute approximate surface area is 317 Å². The van der Waals surface area contributed by atoms with Gasteiger partial charge in [0.25, 0.3) is 0 Å². The molecular formula is C51H32N4. The fourth-order valence-corrected chi connectivity index (χ4v) is 8.18. The van der Waals surface area contributed by atoms with Crippen molar-refractivity contribution in [2.24, 2.45) is 0 Å². The first-order chi connectivity index (χ1) is 27.3. The van der Waals surface area contributed by atoms with E-state index in [0.717, 1.165) is 55.1 Å². The van der Waals surface area contributed by atoms with Crippen molar-refractivity contribution in [3.8, 4) is 51.0 Å². The molecule has 256 valence electrons. The number of fused-ring (bicyclic) bond motifs is 7. The molecule has 0 aliphatic rings. The molecule has 2 aromatic heterocycles. The Balaban J connectivity index is 1.22. The van der Waals surface area contributed by atoms with E-state index in [9.17, 15) is 0 Å². The number of para-hydroxylation sites is 1. The van der Waals surface area contributed by atoms with E-state index in [4.69, 9.17) is 15.0 Å². The Kier molecular flexibility index (Phi) is 7.14. The zero-order valence-corrected chi connectivity index (χ0v) is 29.8. The second-order valence-corrected chi connectivity index (χ2v) is 14.0. The molecule has 11 rings (SSSR count). The minimum Gasteiger partial charge on any atom is -0.308 e. The Morgan fingerprint density at radius 2 is 0.836 bits per heavy atom. The standard InChI is InChI=1S/C51H32N4/c1-2-12-33(13-3-1)35-22-25-38(26-23-35)49-52-50(40-27-24-34-14-4-5-17-39(34)32-40)54-51(53-49)47-41-18-8-6-15-36(41)29-31-46(47)55-45-21-11-10-20-43(45)44-30-28-37-16-7-9-19-42(37)48(44)55/h1-32H. The lowest BCUT2D eigenvalue weighted by Crippen LogP contribution is -2.04. The van der Waals surface area contributed by atoms with Gasteiger partial charge in [-0.15, -0.1) is 0 Å². The molecule has 4 heteroatoms. The summed E-state index contributed by atoms with van der Waals surface area (Å²) in [5.74, 6) is 1.88. The first-order valence-electron chi connectivity index (χ1n) is 18.6. The number of rotatable bonds is 5. The predicted octanol–water partition coefficient (Wildman–Crippen LogP) is 13.1. The molecule has 0 spiro atoms. The van der Waals surface area contributed by atoms with Crippen LogP contribution in [0.1, 0.15) is 0 Å². The summed E-state index contributed by atoms with van der Waals surface area (Å²) >= 11 is 0. The fourth-order valence-electron chi connectivity index (χ4n) is 8.18. The highest BCUT2D eigenvalue weighted by Gasteiger charge is 2.22. The van der Waals surface area contributed by atoms with Gasteiger partial charge in [0.2, 0.25) is 0 Å². The summed E-state index contributed by atoms with van der Waals surface area (Å²) in [5, 5.41) is 9.31. The minimum atomic E-state index is 0.623. The van der Waals surface area contributed by atoms with Crippen molar-refractivity contribution in [2.75, 3.05) is 0 Å². The molecule has 11 aromatic rings. The summed E-state index contributed by atoms with van der Waals surface area (Å²) in [6, 6.07) is 68.7. The average Bonchev–Trinajstić information content (AvgIpc) is 3.61. The third kappa shape index (κ3) is 5.19. The van der Waals surface area contributed by atoms with Crippen molar-refractivity contribution in [2.45, 2.75) is 0 Å². The first kappa shape index (κ1) is 31.1. The third-order valence-electron chi connectivity index (χ3n) is 10.8. The number of hydrogen-bond donors (Lipinski definition) is 0. The van der Waals surface area contributed by atoms with E-state index in [-0.39, 0.29) is 0 Å². The van der Waals surface area contributed by atoms with Gasteiger partial charge in [0, 0.05) is 27.3 Å². The van der Waals surface area contributed by atoms with Gasteiger partial charge in [-0.2, -0.15) is 0 Å². The van der Waals surface area contributed by atoms with E-state index in [1.807, 2.05) is 6.07 Å². The van der Waals surface area contributed by atoms with Gasteiger partial charge in [-0.05, 0) is 56.3 Å². The summed E-state index contributed by atoms with van der Waals surface area (Å²) in [6.07, 6.45) is 0. The van der Waals surface area contributed by atoms with E-state index in [0.29, 0.717) is 17.5 Å². The van der Waals surface area contributed by atoms with E-state index in [1.54, 1.807) is 0 Å². The lowest BCUT2D eigenvalue weighted by molar-refractivity contribution is 1.07. The molecule has 2 heterocycles. The van der Waals surface area contributed by atoms with Crippen LogP contribution in [0, 0.1) is 0 Å². The fraction of sp³-hybridized carbons (Fsp3) is 0. The van der Waals surface area contributed by atoms with Crippen LogP contribution >= 0.6 is 0 Å². The van der Waals surface area contributed by atoms with Crippen molar-refractivity contribution in [3.05, 3.63) is 194 Å². The summed E-state index contributed by atoms with van der Waals surface area (Å²) in [7, 11) is 0. The highest BCUT2D eigenvalue weighted by atomic mass is 15.1. The molecule has 0 fully saturated rings. The van der Waals surface area contributed by atoms with Crippen LogP contribution in [0.15, 0.2) is 194 Å². The quantitative estimate of drug-likeness (QED) is 0.179. The van der Waals surface area contributed by atoms with Crippen LogP contribution < -0.4 is 0 Å². The second kappa shape index (κ2) is 12.6. The van der Waals surface area contributed by atoms with E-state index in [2.05, 4.69) is 193 Å². The van der Waals surface area contributed by atoms with Gasteiger partial charge in [-0.3, -0.25) is 0 Å². The zero-order valence-electron chi connectivity index (χ0n) is 29.8. The monoisotopic (exact) mass is 700 g/mol. The van der Waals surface area contributed by atoms with Crippen LogP contribution in [0.2, 0.25) is 0 Å². The molecule has 0 bridgehead atoms. The van der Waals surface area contributed by atoms with Crippen molar-refractivity contribution in [1.29, 1.82) is 0 Å². The molecule has 9 aromatic carbocycles. The summed E-state index contributed by atoms with van der Waals surface area (Å²) in [5.41, 5.74) is 8.44. The molecule has 0 saturated carbocycles. The molecule has 0 saturated heterocycles. The molecule has 55 heavy (non-hydrogen) atoms. The molecule has 0 atom stereocenters. The molecule has 0 unspecified atom stereocenters. The maximum Gasteiger partial charge on any atom is 0.166 e. The average molecular weight is 701 g/mol. The molecule has 4 nitrogen and oxygen atoms in total. The second-order valence-electron chi connectivity index (χ2n) is 14.0. The van der Waals surface area contributed by atoms with Crippen LogP contribution in [0.4, 0.5) is 0 Å². The van der Waals surface area contributed by atoms with Crippen LogP contribution in [0.5, 0.6) is 0 Å². The normalized spacial score (nSPS) is 11.6. The number of aromatic nitrogens is 4. The van der Waals surface area contributed by atoms with Crippen LogP contribution in [-0.2, 0) is 0 Å². The van der Waals surface area contributed by atoms with Crippen molar-refractivity contribution in [1.82, 2.24) is 19.5 Å². The Hall–Kier alpha value is -7.43. The van der Waals surface area contributed by atoms with E-state index < -0.39 is 0 Å². The highest BCUT2D eigenvalue weighted by molar-refractivity contribution is 6.19. The van der Waals surface area contributed by atoms with E-state index >= 15 is 0 Å². The lowest BCUT2D eigenvalue weighted by atomic mass is 10.0. The van der Waals surface area contributed by atoms with E-state index in [1.165, 1.54) is 32.5 Å². The topological polar surface area (TPSA) is 43.6 Å². The van der Waals surface area contributed by atoms with Crippen molar-refractivity contribution >= 4 is 54.1 Å². The molecule has 0 aliphatic heterocycles. The number of hydrogen-bond acceptors (Lipinski definition) is 3. The van der Waals surface area contributed by atoms with Crippen molar-refractivity contribution < 1.29 is 0 Å². The summed E-state index contributed by atoms with van der Waals surface area (Å²) in [6.45, 7) is 0. The first-order valence-corrected chi connectivity index (χ1v) is 18.6. The van der Waals surface area contributed by atoms with Gasteiger partial charge in [0.05, 0.1) is 22.3 Å². The maximum atomic E-state index is 5.38. The van der Waals surface area contributed by atoms with Crippen LogP contribution in [0.3, 0.4) is 0 Å². The Bertz CT molecular complexity index is 3250. The number of nitrogens with zero attached hydrogens (tertiary/aromatic N) is 4. The molecular weight excluding hydrogens is 669 g/mol. The molecule has 0 N–H and O–H groups in total. The predicted molar refractivity (Wildman–Crippen MR) is 228 cm³/mol. The maximum absolute atomic E-state index is 5.38. The van der Waals surface area contributed by atoms with Gasteiger partial charge in [0.1, 0.15) is 0 Å². The van der Waals surface area contributed by atoms with Crippen LogP contribution in [-0.4, -0.2) is 19.5 Å². The molecule has 0 amide bonds. The van der Waals surface area contributed by atoms with Gasteiger partial charge in [0.15, 0.2) is 17.5 Å². The zero-order chi connectivity index (χ0) is 36.3. The number of benzene rings is 9. The van der Waals surface area contributed by atoms with Crippen molar-refractivity contribution in [3.63, 3.8) is 0 Å². The SMILES string of the molecule is c1ccc(-c2ccc(-c3nc(-c4ccc5ccccc5c4)nc(-c4c(-n5c6ccccc6c6ccc7ccccc7c65)ccc5ccccc45)n3)cc2)cc1. The Morgan fingerprint density at radius 3 is 1.64 bits per heavy atom. The summed E-state index contributed by atoms with van der Waals surface area (Å²) in [4.78, 5) is 15.9. The smallest absolute Gasteiger partial charge is 0.166 e. The molecule has 0 aliphatic carbocycles. The lowest BCUT2D eigenvalue weighted by Gasteiger charge is -2.17. The van der Waals surface area contributed by atoms with Crippen LogP contribution in [0.25, 0.3) is 105 Å². The third-order valence-corrected chi connectivity index (χ3v) is 10.8. The van der Waals surface area contributed by atoms with Gasteiger partial charge in [-0.1, -0.05) is 176 Å². The van der Waals surface area contributed by atoms with Gasteiger partial charge < -0.3 is 4.57 Å². The highest BCUT2D eigenvalue weighted by Crippen LogP contribution is 2.42.